The van der Waals surface area contributed by atoms with Gasteiger partial charge in [-0.05, 0) is 44.0 Å². The number of likely N-dealkylation sites (N-methyl/N-ethyl adjacent to an activating group) is 1. The van der Waals surface area contributed by atoms with E-state index in [2.05, 4.69) is 32.1 Å². The van der Waals surface area contributed by atoms with Gasteiger partial charge in [0.2, 0.25) is 0 Å². The number of aromatic carboxylic acids is 1. The maximum atomic E-state index is 15.7. The molecule has 2 saturated heterocycles. The van der Waals surface area contributed by atoms with Crippen LogP contribution in [0.3, 0.4) is 0 Å². The van der Waals surface area contributed by atoms with Gasteiger partial charge < -0.3 is 25.2 Å². The first kappa shape index (κ1) is 25.5. The van der Waals surface area contributed by atoms with Gasteiger partial charge in [-0.15, -0.1) is 0 Å². The van der Waals surface area contributed by atoms with Gasteiger partial charge in [0.15, 0.2) is 11.6 Å². The van der Waals surface area contributed by atoms with Crippen molar-refractivity contribution in [3.8, 4) is 11.1 Å². The molecule has 210 valence electrons. The highest BCUT2D eigenvalue weighted by Gasteiger charge is 2.42. The van der Waals surface area contributed by atoms with E-state index in [0.29, 0.717) is 56.0 Å². The van der Waals surface area contributed by atoms with Crippen LogP contribution in [-0.4, -0.2) is 70.1 Å². The lowest BCUT2D eigenvalue weighted by atomic mass is 10.00. The summed E-state index contributed by atoms with van der Waals surface area (Å²) in [6.45, 7) is 4.26. The minimum atomic E-state index is -1.30. The SMILES string of the molecule is CNc1cc(F)c(F)c2c1[nH]c1ncc(-c3ccc4c(C)cc(C(=O)O)c(=O)n4c3)c(N3CC[C@H]4CN(C)C[C@H]43)c12. The third-order valence-electron chi connectivity index (χ3n) is 8.76. The van der Waals surface area contributed by atoms with Crippen LogP contribution in [0.15, 0.2) is 41.5 Å². The highest BCUT2D eigenvalue weighted by molar-refractivity contribution is 6.18. The normalized spacial score (nSPS) is 19.1. The molecule has 0 radical (unpaired) electrons. The van der Waals surface area contributed by atoms with E-state index < -0.39 is 23.2 Å². The standard InChI is InChI=1S/C30H28F2N6O3/c1-14-8-17(30(40)41)29(39)38-12-15(4-5-21(14)38)18-10-34-28-24(23-25(32)19(31)9-20(33-2)26(23)35-28)27(18)37-7-6-16-11-36(3)13-22(16)37/h4-5,8-10,12,16,22,33H,6-7,11,13H2,1-3H3,(H,34,35)(H,40,41)/t16-,22+/m0/s1. The van der Waals surface area contributed by atoms with E-state index in [0.717, 1.165) is 32.1 Å². The summed E-state index contributed by atoms with van der Waals surface area (Å²) in [5.41, 5.74) is 3.50. The third kappa shape index (κ3) is 3.65. The van der Waals surface area contributed by atoms with Gasteiger partial charge in [0.05, 0.1) is 33.2 Å². The number of aromatic amines is 1. The predicted octanol–water partition coefficient (Wildman–Crippen LogP) is 4.46. The van der Waals surface area contributed by atoms with Crippen molar-refractivity contribution in [1.29, 1.82) is 0 Å². The van der Waals surface area contributed by atoms with E-state index in [9.17, 15) is 19.1 Å². The predicted molar refractivity (Wildman–Crippen MR) is 154 cm³/mol. The van der Waals surface area contributed by atoms with Crippen LogP contribution in [0.5, 0.6) is 0 Å². The maximum absolute atomic E-state index is 15.7. The molecule has 0 spiro atoms. The number of carbonyl (C=O) groups is 1. The Morgan fingerprint density at radius 3 is 2.76 bits per heavy atom. The number of likely N-dealkylation sites (tertiary alicyclic amines) is 1. The van der Waals surface area contributed by atoms with Crippen LogP contribution in [-0.2, 0) is 0 Å². The summed E-state index contributed by atoms with van der Waals surface area (Å²) in [4.78, 5) is 37.4. The molecule has 9 nitrogen and oxygen atoms in total. The molecule has 3 N–H and O–H groups in total. The van der Waals surface area contributed by atoms with Crippen molar-refractivity contribution in [2.75, 3.05) is 43.9 Å². The molecule has 1 aromatic carbocycles. The molecule has 0 amide bonds. The second-order valence-electron chi connectivity index (χ2n) is 11.1. The van der Waals surface area contributed by atoms with Gasteiger partial charge in [-0.1, -0.05) is 6.07 Å². The molecule has 4 aromatic heterocycles. The molecule has 11 heteroatoms. The monoisotopic (exact) mass is 558 g/mol. The average molecular weight is 559 g/mol. The molecule has 41 heavy (non-hydrogen) atoms. The van der Waals surface area contributed by atoms with Gasteiger partial charge in [0.1, 0.15) is 11.2 Å². The highest BCUT2D eigenvalue weighted by atomic mass is 19.2. The number of nitrogens with zero attached hydrogens (tertiary/aromatic N) is 4. The molecule has 0 unspecified atom stereocenters. The van der Waals surface area contributed by atoms with Crippen LogP contribution in [0.25, 0.3) is 38.6 Å². The second-order valence-corrected chi connectivity index (χ2v) is 11.1. The number of hydrogen-bond donors (Lipinski definition) is 3. The van der Waals surface area contributed by atoms with Gasteiger partial charge in [-0.3, -0.25) is 9.20 Å². The summed E-state index contributed by atoms with van der Waals surface area (Å²) >= 11 is 0. The van der Waals surface area contributed by atoms with Gasteiger partial charge in [-0.25, -0.2) is 18.6 Å². The van der Waals surface area contributed by atoms with Gasteiger partial charge >= 0.3 is 5.97 Å². The van der Waals surface area contributed by atoms with Crippen LogP contribution in [0.2, 0.25) is 0 Å². The average Bonchev–Trinajstić information content (AvgIpc) is 3.64. The topological polar surface area (TPSA) is 106 Å². The first-order valence-corrected chi connectivity index (χ1v) is 13.5. The van der Waals surface area contributed by atoms with Crippen molar-refractivity contribution < 1.29 is 18.7 Å². The largest absolute Gasteiger partial charge is 0.477 e. The van der Waals surface area contributed by atoms with E-state index in [1.807, 2.05) is 6.07 Å². The highest BCUT2D eigenvalue weighted by Crippen LogP contribution is 2.46. The number of anilines is 2. The number of rotatable bonds is 4. The Morgan fingerprint density at radius 1 is 1.20 bits per heavy atom. The van der Waals surface area contributed by atoms with Gasteiger partial charge in [-0.2, -0.15) is 0 Å². The molecule has 0 bridgehead atoms. The number of carboxylic acid groups (broad SMARTS) is 1. The summed E-state index contributed by atoms with van der Waals surface area (Å²) < 4.78 is 31.9. The molecule has 2 fully saturated rings. The van der Waals surface area contributed by atoms with E-state index in [1.165, 1.54) is 10.5 Å². The molecule has 6 heterocycles. The smallest absolute Gasteiger partial charge is 0.341 e. The molecule has 2 aliphatic rings. The Kier molecular flexibility index (Phi) is 5.59. The van der Waals surface area contributed by atoms with E-state index in [-0.39, 0.29) is 17.0 Å². The summed E-state index contributed by atoms with van der Waals surface area (Å²) in [5.74, 6) is -2.79. The molecule has 2 aliphatic heterocycles. The fourth-order valence-corrected chi connectivity index (χ4v) is 6.88. The first-order chi connectivity index (χ1) is 19.7. The number of H-pyrrole nitrogens is 1. The van der Waals surface area contributed by atoms with Crippen LogP contribution in [0.1, 0.15) is 22.3 Å². The zero-order valence-corrected chi connectivity index (χ0v) is 22.8. The number of carboxylic acids is 1. The molecular formula is C30H28F2N6O3. The number of benzene rings is 1. The summed E-state index contributed by atoms with van der Waals surface area (Å²) in [5, 5.41) is 13.2. The molecule has 5 aromatic rings. The number of hydrogen-bond acceptors (Lipinski definition) is 6. The molecule has 7 rings (SSSR count). The van der Waals surface area contributed by atoms with Gasteiger partial charge in [0, 0.05) is 62.3 Å². The number of aromatic nitrogens is 3. The van der Waals surface area contributed by atoms with Crippen molar-refractivity contribution in [3.05, 3.63) is 69.8 Å². The van der Waals surface area contributed by atoms with Crippen molar-refractivity contribution >= 4 is 44.8 Å². The maximum Gasteiger partial charge on any atom is 0.341 e. The molecule has 2 atom stereocenters. The van der Waals surface area contributed by atoms with Gasteiger partial charge in [0.25, 0.3) is 5.56 Å². The minimum absolute atomic E-state index is 0.116. The molecular weight excluding hydrogens is 530 g/mol. The first-order valence-electron chi connectivity index (χ1n) is 13.5. The van der Waals surface area contributed by atoms with Crippen LogP contribution < -0.4 is 15.8 Å². The van der Waals surface area contributed by atoms with E-state index >= 15 is 4.39 Å². The lowest BCUT2D eigenvalue weighted by molar-refractivity contribution is 0.0694. The number of nitrogens with one attached hydrogen (secondary N) is 2. The Morgan fingerprint density at radius 2 is 2.00 bits per heavy atom. The van der Waals surface area contributed by atoms with E-state index in [1.54, 1.807) is 32.4 Å². The fraction of sp³-hybridized carbons (Fsp3) is 0.300. The molecule has 0 aliphatic carbocycles. The number of fused-ring (bicyclic) bond motifs is 5. The lowest BCUT2D eigenvalue weighted by Crippen LogP contribution is -2.35. The fourth-order valence-electron chi connectivity index (χ4n) is 6.88. The van der Waals surface area contributed by atoms with Crippen LogP contribution in [0, 0.1) is 24.5 Å². The van der Waals surface area contributed by atoms with Crippen molar-refractivity contribution in [2.24, 2.45) is 5.92 Å². The summed E-state index contributed by atoms with van der Waals surface area (Å²) in [7, 11) is 3.73. The second kappa shape index (κ2) is 9.00. The Hall–Kier alpha value is -4.51. The van der Waals surface area contributed by atoms with Crippen molar-refractivity contribution in [1.82, 2.24) is 19.3 Å². The van der Waals surface area contributed by atoms with Crippen LogP contribution in [0.4, 0.5) is 20.2 Å². The third-order valence-corrected chi connectivity index (χ3v) is 8.76. The Labute approximate surface area is 233 Å². The zero-order chi connectivity index (χ0) is 28.7. The number of aryl methyl sites for hydroxylation is 1. The van der Waals surface area contributed by atoms with Crippen molar-refractivity contribution in [3.63, 3.8) is 0 Å². The zero-order valence-electron chi connectivity index (χ0n) is 22.8. The Bertz CT molecular complexity index is 1980. The van der Waals surface area contributed by atoms with Crippen LogP contribution >= 0.6 is 0 Å². The van der Waals surface area contributed by atoms with E-state index in [4.69, 9.17) is 0 Å². The Balaban J connectivity index is 1.57. The lowest BCUT2D eigenvalue weighted by Gasteiger charge is -2.29. The van der Waals surface area contributed by atoms with Crippen molar-refractivity contribution in [2.45, 2.75) is 19.4 Å². The summed E-state index contributed by atoms with van der Waals surface area (Å²) in [6.07, 6.45) is 4.26. The number of pyridine rings is 3. The molecule has 0 saturated carbocycles. The quantitative estimate of drug-likeness (QED) is 0.299. The minimum Gasteiger partial charge on any atom is -0.477 e. The number of halogens is 2. The summed E-state index contributed by atoms with van der Waals surface area (Å²) in [6, 6.07) is 6.30.